The van der Waals surface area contributed by atoms with E-state index in [4.69, 9.17) is 5.26 Å². The summed E-state index contributed by atoms with van der Waals surface area (Å²) in [6.45, 7) is 3.58. The molecule has 0 spiro atoms. The minimum atomic E-state index is -0.772. The third kappa shape index (κ3) is 1.79. The van der Waals surface area contributed by atoms with Gasteiger partial charge in [0.25, 0.3) is 0 Å². The molecule has 1 aromatic carbocycles. The normalized spacial score (nSPS) is 14.4. The van der Waals surface area contributed by atoms with Crippen molar-refractivity contribution in [3.8, 4) is 6.07 Å². The highest BCUT2D eigenvalue weighted by Crippen LogP contribution is 2.31. The van der Waals surface area contributed by atoms with Crippen molar-refractivity contribution in [3.63, 3.8) is 0 Å². The molecular weight excluding hydrogens is 186 g/mol. The maximum absolute atomic E-state index is 9.88. The van der Waals surface area contributed by atoms with Gasteiger partial charge < -0.3 is 5.11 Å². The zero-order chi connectivity index (χ0) is 11.1. The van der Waals surface area contributed by atoms with Crippen molar-refractivity contribution < 1.29 is 5.11 Å². The molecule has 0 saturated heterocycles. The van der Waals surface area contributed by atoms with Crippen LogP contribution in [0.3, 0.4) is 0 Å². The van der Waals surface area contributed by atoms with Gasteiger partial charge in [0.2, 0.25) is 0 Å². The highest BCUT2D eigenvalue weighted by Gasteiger charge is 2.24. The van der Waals surface area contributed by atoms with E-state index in [2.05, 4.69) is 6.07 Å². The van der Waals surface area contributed by atoms with Gasteiger partial charge in [0, 0.05) is 0 Å². The Bertz CT molecular complexity index is 472. The number of fused-ring (bicyclic) bond motifs is 1. The van der Waals surface area contributed by atoms with Gasteiger partial charge in [0.1, 0.15) is 0 Å². The summed E-state index contributed by atoms with van der Waals surface area (Å²) in [4.78, 5) is 0. The Morgan fingerprint density at radius 1 is 1.40 bits per heavy atom. The largest absolute Gasteiger partial charge is 0.386 e. The van der Waals surface area contributed by atoms with Crippen LogP contribution in [0, 0.1) is 11.3 Å². The fraction of sp³-hybridized carbons (Fsp3) is 0.308. The van der Waals surface area contributed by atoms with Crippen LogP contribution in [0.1, 0.15) is 30.5 Å². The van der Waals surface area contributed by atoms with E-state index in [9.17, 15) is 5.11 Å². The lowest BCUT2D eigenvalue weighted by molar-refractivity contribution is 0.119. The highest BCUT2D eigenvalue weighted by molar-refractivity contribution is 5.66. The molecule has 76 valence electrons. The lowest BCUT2D eigenvalue weighted by atomic mass is 9.96. The second-order valence-corrected chi connectivity index (χ2v) is 4.43. The van der Waals surface area contributed by atoms with E-state index < -0.39 is 5.60 Å². The summed E-state index contributed by atoms with van der Waals surface area (Å²) in [5.74, 6) is 0. The first kappa shape index (κ1) is 9.95. The molecule has 2 rings (SSSR count). The molecule has 1 N–H and O–H groups in total. The van der Waals surface area contributed by atoms with Crippen molar-refractivity contribution in [2.24, 2.45) is 0 Å². The first-order chi connectivity index (χ1) is 7.00. The Balaban J connectivity index is 2.38. The van der Waals surface area contributed by atoms with Crippen molar-refractivity contribution in [3.05, 3.63) is 40.5 Å². The zero-order valence-electron chi connectivity index (χ0n) is 8.91. The quantitative estimate of drug-likeness (QED) is 0.754. The summed E-state index contributed by atoms with van der Waals surface area (Å²) in [5, 5.41) is 18.7. The van der Waals surface area contributed by atoms with Crippen LogP contribution >= 0.6 is 0 Å². The van der Waals surface area contributed by atoms with Crippen molar-refractivity contribution >= 4 is 6.08 Å². The van der Waals surface area contributed by atoms with Gasteiger partial charge in [0.05, 0.1) is 17.2 Å². The average Bonchev–Trinajstić information content (AvgIpc) is 2.59. The van der Waals surface area contributed by atoms with Crippen LogP contribution in [0.2, 0.25) is 0 Å². The summed E-state index contributed by atoms with van der Waals surface area (Å²) < 4.78 is 0. The van der Waals surface area contributed by atoms with E-state index in [1.54, 1.807) is 13.8 Å². The molecule has 0 radical (unpaired) electrons. The molecule has 0 amide bonds. The van der Waals surface area contributed by atoms with E-state index in [1.807, 2.05) is 24.3 Å². The first-order valence-corrected chi connectivity index (χ1v) is 4.97. The fourth-order valence-electron chi connectivity index (χ4n) is 1.81. The van der Waals surface area contributed by atoms with Crippen LogP contribution in [-0.4, -0.2) is 10.7 Å². The van der Waals surface area contributed by atoms with Gasteiger partial charge in [-0.1, -0.05) is 12.1 Å². The third-order valence-corrected chi connectivity index (χ3v) is 2.77. The predicted molar refractivity (Wildman–Crippen MR) is 59.1 cm³/mol. The van der Waals surface area contributed by atoms with Crippen molar-refractivity contribution in [2.45, 2.75) is 25.9 Å². The molecule has 0 atom stereocenters. The number of hydrogen-bond donors (Lipinski definition) is 1. The number of hydrogen-bond acceptors (Lipinski definition) is 2. The molecule has 2 heteroatoms. The standard InChI is InChI=1S/C13H13NO/c1-13(2,15)12-6-10-4-3-9(8-14)5-11(10)7-12/h3-6,15H,7H2,1-2H3. The molecule has 0 aliphatic heterocycles. The molecule has 1 aliphatic rings. The molecule has 0 bridgehead atoms. The van der Waals surface area contributed by atoms with Crippen LogP contribution < -0.4 is 0 Å². The van der Waals surface area contributed by atoms with Gasteiger partial charge >= 0.3 is 0 Å². The molecule has 1 aromatic rings. The Hall–Kier alpha value is -1.59. The Labute approximate surface area is 89.5 Å². The second kappa shape index (κ2) is 3.22. The number of aliphatic hydroxyl groups is 1. The SMILES string of the molecule is CC(C)(O)C1=Cc2ccc(C#N)cc2C1. The summed E-state index contributed by atoms with van der Waals surface area (Å²) in [6, 6.07) is 7.76. The van der Waals surface area contributed by atoms with Crippen molar-refractivity contribution in [2.75, 3.05) is 0 Å². The molecule has 0 aromatic heterocycles. The number of nitriles is 1. The van der Waals surface area contributed by atoms with Gasteiger partial charge in [-0.3, -0.25) is 0 Å². The third-order valence-electron chi connectivity index (χ3n) is 2.77. The van der Waals surface area contributed by atoms with E-state index in [0.29, 0.717) is 5.56 Å². The molecule has 0 unspecified atom stereocenters. The van der Waals surface area contributed by atoms with E-state index in [-0.39, 0.29) is 0 Å². The lowest BCUT2D eigenvalue weighted by Crippen LogP contribution is -2.21. The summed E-state index contributed by atoms with van der Waals surface area (Å²) in [6.07, 6.45) is 2.75. The van der Waals surface area contributed by atoms with Gasteiger partial charge in [-0.25, -0.2) is 0 Å². The van der Waals surface area contributed by atoms with Gasteiger partial charge in [-0.05, 0) is 49.1 Å². The van der Waals surface area contributed by atoms with E-state index >= 15 is 0 Å². The Morgan fingerprint density at radius 2 is 2.13 bits per heavy atom. The molecular formula is C13H13NO. The van der Waals surface area contributed by atoms with E-state index in [0.717, 1.165) is 23.1 Å². The van der Waals surface area contributed by atoms with Crippen LogP contribution in [0.25, 0.3) is 6.08 Å². The van der Waals surface area contributed by atoms with Gasteiger partial charge in [0.15, 0.2) is 0 Å². The maximum Gasteiger partial charge on any atom is 0.0991 e. The number of benzene rings is 1. The smallest absolute Gasteiger partial charge is 0.0991 e. The lowest BCUT2D eigenvalue weighted by Gasteiger charge is -2.18. The van der Waals surface area contributed by atoms with E-state index in [1.165, 1.54) is 0 Å². The monoisotopic (exact) mass is 199 g/mol. The molecule has 1 aliphatic carbocycles. The predicted octanol–water partition coefficient (Wildman–Crippen LogP) is 2.27. The van der Waals surface area contributed by atoms with Crippen LogP contribution in [-0.2, 0) is 6.42 Å². The summed E-state index contributed by atoms with van der Waals surface area (Å²) in [7, 11) is 0. The Morgan fingerprint density at radius 3 is 2.73 bits per heavy atom. The van der Waals surface area contributed by atoms with Crippen LogP contribution in [0.5, 0.6) is 0 Å². The van der Waals surface area contributed by atoms with Gasteiger partial charge in [-0.15, -0.1) is 0 Å². The molecule has 15 heavy (non-hydrogen) atoms. The molecule has 0 heterocycles. The molecule has 0 saturated carbocycles. The van der Waals surface area contributed by atoms with Crippen molar-refractivity contribution in [1.82, 2.24) is 0 Å². The number of rotatable bonds is 1. The average molecular weight is 199 g/mol. The van der Waals surface area contributed by atoms with Gasteiger partial charge in [-0.2, -0.15) is 5.26 Å². The van der Waals surface area contributed by atoms with Crippen molar-refractivity contribution in [1.29, 1.82) is 5.26 Å². The minimum Gasteiger partial charge on any atom is -0.386 e. The Kier molecular flexibility index (Phi) is 2.13. The minimum absolute atomic E-state index is 0.680. The van der Waals surface area contributed by atoms with Crippen LogP contribution in [0.15, 0.2) is 23.8 Å². The maximum atomic E-state index is 9.88. The molecule has 2 nitrogen and oxygen atoms in total. The second-order valence-electron chi connectivity index (χ2n) is 4.43. The summed E-state index contributed by atoms with van der Waals surface area (Å²) >= 11 is 0. The highest BCUT2D eigenvalue weighted by atomic mass is 16.3. The van der Waals surface area contributed by atoms with Crippen LogP contribution in [0.4, 0.5) is 0 Å². The number of nitrogens with zero attached hydrogens (tertiary/aromatic N) is 1. The summed E-state index contributed by atoms with van der Waals surface area (Å²) in [5.41, 5.74) is 3.16. The first-order valence-electron chi connectivity index (χ1n) is 4.97. The topological polar surface area (TPSA) is 44.0 Å². The fourth-order valence-corrected chi connectivity index (χ4v) is 1.81. The molecule has 0 fully saturated rings. The zero-order valence-corrected chi connectivity index (χ0v) is 8.91.